The number of halogens is 3. The Hall–Kier alpha value is -1.96. The minimum atomic E-state index is -4.08. The first-order valence-electron chi connectivity index (χ1n) is 10.6. The van der Waals surface area contributed by atoms with E-state index in [1.54, 1.807) is 6.33 Å². The lowest BCUT2D eigenvalue weighted by Crippen LogP contribution is -2.31. The molecule has 5 nitrogen and oxygen atoms in total. The number of nitrogens with zero attached hydrogens (tertiary/aromatic N) is 4. The van der Waals surface area contributed by atoms with E-state index in [2.05, 4.69) is 20.4 Å². The molecule has 158 valence electrons. The van der Waals surface area contributed by atoms with Crippen LogP contribution in [0.4, 0.5) is 13.2 Å². The Morgan fingerprint density at radius 1 is 1.10 bits per heavy atom. The maximum Gasteiger partial charge on any atom is 0.390 e. The van der Waals surface area contributed by atoms with Crippen molar-refractivity contribution in [1.82, 2.24) is 20.0 Å². The van der Waals surface area contributed by atoms with Gasteiger partial charge in [0.25, 0.3) is 0 Å². The molecule has 0 radical (unpaired) electrons. The van der Waals surface area contributed by atoms with Crippen LogP contribution in [0.5, 0.6) is 0 Å². The van der Waals surface area contributed by atoms with Gasteiger partial charge in [0.1, 0.15) is 6.33 Å². The molecule has 0 saturated heterocycles. The molecule has 0 amide bonds. The highest BCUT2D eigenvalue weighted by Crippen LogP contribution is 2.44. The van der Waals surface area contributed by atoms with E-state index in [-0.39, 0.29) is 6.54 Å². The number of hydrogen-bond donors (Lipinski definition) is 1. The highest BCUT2D eigenvalue weighted by molar-refractivity contribution is 5.62. The maximum absolute atomic E-state index is 12.3. The molecule has 4 rings (SSSR count). The van der Waals surface area contributed by atoms with Crippen molar-refractivity contribution in [1.29, 1.82) is 0 Å². The largest absolute Gasteiger partial charge is 0.390 e. The molecule has 0 spiro atoms. The third kappa shape index (κ3) is 4.97. The van der Waals surface area contributed by atoms with E-state index in [4.69, 9.17) is 0 Å². The molecule has 1 N–H and O–H groups in total. The fourth-order valence-electron chi connectivity index (χ4n) is 4.89. The molecule has 1 aliphatic carbocycles. The molecule has 8 heteroatoms. The van der Waals surface area contributed by atoms with Crippen LogP contribution in [0.1, 0.15) is 63.0 Å². The van der Waals surface area contributed by atoms with Crippen LogP contribution in [-0.4, -0.2) is 40.1 Å². The lowest BCUT2D eigenvalue weighted by atomic mass is 9.72. The zero-order chi connectivity index (χ0) is 20.3. The highest BCUT2D eigenvalue weighted by atomic mass is 19.4. The Morgan fingerprint density at radius 2 is 1.93 bits per heavy atom. The van der Waals surface area contributed by atoms with Gasteiger partial charge in [-0.2, -0.15) is 18.3 Å². The SMILES string of the molecule is FC(F)(F)CCNCC1CCC(C2CCCC=Nn3cnc4nccc-4c32)CC1. The molecule has 1 unspecified atom stereocenters. The molecular formula is C21H28F3N5. The van der Waals surface area contributed by atoms with Gasteiger partial charge in [0, 0.05) is 30.4 Å². The maximum atomic E-state index is 12.3. The van der Waals surface area contributed by atoms with Gasteiger partial charge in [-0.1, -0.05) is 0 Å². The van der Waals surface area contributed by atoms with Gasteiger partial charge in [-0.15, -0.1) is 0 Å². The summed E-state index contributed by atoms with van der Waals surface area (Å²) in [4.78, 5) is 8.79. The van der Waals surface area contributed by atoms with Gasteiger partial charge in [-0.05, 0) is 69.4 Å². The lowest BCUT2D eigenvalue weighted by molar-refractivity contribution is -0.133. The summed E-state index contributed by atoms with van der Waals surface area (Å²) in [5.74, 6) is 2.23. The second-order valence-electron chi connectivity index (χ2n) is 8.34. The Kier molecular flexibility index (Phi) is 6.18. The number of aromatic nitrogens is 3. The molecular weight excluding hydrogens is 379 g/mol. The molecule has 3 aliphatic heterocycles. The fourth-order valence-corrected chi connectivity index (χ4v) is 4.89. The number of nitrogens with one attached hydrogen (secondary N) is 1. The first-order chi connectivity index (χ1) is 14.0. The van der Waals surface area contributed by atoms with Gasteiger partial charge in [0.2, 0.25) is 0 Å². The van der Waals surface area contributed by atoms with E-state index in [0.29, 0.717) is 24.3 Å². The van der Waals surface area contributed by atoms with Crippen LogP contribution in [0.15, 0.2) is 23.7 Å². The van der Waals surface area contributed by atoms with Crippen molar-refractivity contribution in [3.63, 3.8) is 0 Å². The van der Waals surface area contributed by atoms with Gasteiger partial charge >= 0.3 is 6.18 Å². The van der Waals surface area contributed by atoms with Crippen molar-refractivity contribution < 1.29 is 13.2 Å². The molecule has 29 heavy (non-hydrogen) atoms. The molecule has 0 aromatic heterocycles. The molecule has 0 aromatic rings. The summed E-state index contributed by atoms with van der Waals surface area (Å²) in [6.07, 6.45) is 8.27. The summed E-state index contributed by atoms with van der Waals surface area (Å²) in [7, 11) is 0. The Bertz CT molecular complexity index is 792. The monoisotopic (exact) mass is 407 g/mol. The van der Waals surface area contributed by atoms with Crippen molar-refractivity contribution in [2.75, 3.05) is 13.1 Å². The van der Waals surface area contributed by atoms with Crippen LogP contribution in [0.25, 0.3) is 11.4 Å². The fraction of sp³-hybridized carbons (Fsp3) is 0.667. The highest BCUT2D eigenvalue weighted by Gasteiger charge is 2.33. The van der Waals surface area contributed by atoms with Gasteiger partial charge in [0.05, 0.1) is 12.1 Å². The molecule has 1 fully saturated rings. The minimum absolute atomic E-state index is 0.0169. The summed E-state index contributed by atoms with van der Waals surface area (Å²) >= 11 is 0. The van der Waals surface area contributed by atoms with E-state index < -0.39 is 12.6 Å². The van der Waals surface area contributed by atoms with Crippen LogP contribution in [0, 0.1) is 11.8 Å². The van der Waals surface area contributed by atoms with Crippen LogP contribution in [-0.2, 0) is 0 Å². The number of alkyl halides is 3. The second kappa shape index (κ2) is 8.81. The van der Waals surface area contributed by atoms with E-state index in [9.17, 15) is 13.2 Å². The smallest absolute Gasteiger partial charge is 0.316 e. The van der Waals surface area contributed by atoms with Crippen molar-refractivity contribution >= 4 is 6.21 Å². The molecule has 0 aromatic carbocycles. The standard InChI is InChI=1S/C21H28F3N5/c22-21(23,24)9-12-25-13-15-4-6-16(7-5-15)17-3-1-2-10-28-29-14-27-20-18(19(17)29)8-11-26-20/h8,10-11,14-17,25H,1-7,9,12-13H2. The topological polar surface area (TPSA) is 55.1 Å². The third-order valence-corrected chi connectivity index (χ3v) is 6.38. The van der Waals surface area contributed by atoms with Crippen molar-refractivity contribution in [2.45, 2.75) is 63.5 Å². The molecule has 0 bridgehead atoms. The number of rotatable bonds is 5. The Labute approximate surface area is 169 Å². The van der Waals surface area contributed by atoms with Crippen LogP contribution in [0.3, 0.4) is 0 Å². The summed E-state index contributed by atoms with van der Waals surface area (Å²) in [5.41, 5.74) is 2.31. The van der Waals surface area contributed by atoms with Crippen molar-refractivity contribution in [3.05, 3.63) is 24.3 Å². The van der Waals surface area contributed by atoms with Crippen molar-refractivity contribution in [3.8, 4) is 11.4 Å². The zero-order valence-electron chi connectivity index (χ0n) is 16.5. The lowest BCUT2D eigenvalue weighted by Gasteiger charge is -2.36. The number of hydrogen-bond acceptors (Lipinski definition) is 4. The van der Waals surface area contributed by atoms with E-state index >= 15 is 0 Å². The van der Waals surface area contributed by atoms with Gasteiger partial charge in [-0.25, -0.2) is 14.6 Å². The van der Waals surface area contributed by atoms with E-state index in [1.807, 2.05) is 23.2 Å². The summed E-state index contributed by atoms with van der Waals surface area (Å²) in [6.45, 7) is 0.701. The quantitative estimate of drug-likeness (QED) is 0.722. The van der Waals surface area contributed by atoms with Gasteiger partial charge in [-0.3, -0.25) is 0 Å². The van der Waals surface area contributed by atoms with Crippen LogP contribution < -0.4 is 5.32 Å². The second-order valence-corrected chi connectivity index (χ2v) is 8.34. The van der Waals surface area contributed by atoms with Gasteiger partial charge < -0.3 is 5.32 Å². The first kappa shape index (κ1) is 20.3. The predicted molar refractivity (Wildman–Crippen MR) is 106 cm³/mol. The average molecular weight is 407 g/mol. The van der Waals surface area contributed by atoms with Crippen LogP contribution in [0.2, 0.25) is 0 Å². The predicted octanol–water partition coefficient (Wildman–Crippen LogP) is 4.83. The molecule has 1 saturated carbocycles. The molecule has 4 aliphatic rings. The third-order valence-electron chi connectivity index (χ3n) is 6.38. The Balaban J connectivity index is 1.40. The zero-order valence-corrected chi connectivity index (χ0v) is 16.5. The summed E-state index contributed by atoms with van der Waals surface area (Å²) in [5, 5.41) is 7.61. The molecule has 3 heterocycles. The molecule has 1 atom stereocenters. The first-order valence-corrected chi connectivity index (χ1v) is 10.6. The van der Waals surface area contributed by atoms with Gasteiger partial charge in [0.15, 0.2) is 5.82 Å². The summed E-state index contributed by atoms with van der Waals surface area (Å²) in [6, 6.07) is 2.04. The van der Waals surface area contributed by atoms with E-state index in [0.717, 1.165) is 56.3 Å². The minimum Gasteiger partial charge on any atom is -0.316 e. The normalized spacial score (nSPS) is 25.6. The van der Waals surface area contributed by atoms with E-state index in [1.165, 1.54) is 5.69 Å². The van der Waals surface area contributed by atoms with Crippen molar-refractivity contribution in [2.24, 2.45) is 16.9 Å². The summed E-state index contributed by atoms with van der Waals surface area (Å²) < 4.78 is 38.8. The Morgan fingerprint density at radius 3 is 2.72 bits per heavy atom. The average Bonchev–Trinajstić information content (AvgIpc) is 3.14. The van der Waals surface area contributed by atoms with Crippen LogP contribution >= 0.6 is 0 Å². The number of fused-ring (bicyclic) bond motifs is 3.